The van der Waals surface area contributed by atoms with Gasteiger partial charge in [0.1, 0.15) is 5.82 Å². The van der Waals surface area contributed by atoms with Crippen LogP contribution in [0.5, 0.6) is 0 Å². The summed E-state index contributed by atoms with van der Waals surface area (Å²) >= 11 is 5.73. The van der Waals surface area contributed by atoms with Crippen LogP contribution in [0, 0.1) is 5.82 Å². The molecule has 1 atom stereocenters. The molecule has 3 aromatic rings. The number of rotatable bonds is 2. The van der Waals surface area contributed by atoms with Crippen LogP contribution < -0.4 is 5.73 Å². The zero-order valence-corrected chi connectivity index (χ0v) is 10.5. The SMILES string of the molecule is NC(c1ccc(Cl)cc1F)c1cnn2ccncc12. The minimum atomic E-state index is -0.612. The highest BCUT2D eigenvalue weighted by Gasteiger charge is 2.17. The predicted molar refractivity (Wildman–Crippen MR) is 70.4 cm³/mol. The van der Waals surface area contributed by atoms with E-state index in [4.69, 9.17) is 17.3 Å². The van der Waals surface area contributed by atoms with Gasteiger partial charge in [-0.2, -0.15) is 5.10 Å². The van der Waals surface area contributed by atoms with Gasteiger partial charge in [-0.1, -0.05) is 17.7 Å². The first-order valence-electron chi connectivity index (χ1n) is 5.64. The Labute approximate surface area is 113 Å². The van der Waals surface area contributed by atoms with Crippen LogP contribution >= 0.6 is 11.6 Å². The highest BCUT2D eigenvalue weighted by Crippen LogP contribution is 2.26. The zero-order chi connectivity index (χ0) is 13.4. The Morgan fingerprint density at radius 2 is 2.11 bits per heavy atom. The average Bonchev–Trinajstić information content (AvgIpc) is 2.82. The molecule has 6 heteroatoms. The first-order chi connectivity index (χ1) is 9.16. The second-order valence-electron chi connectivity index (χ2n) is 4.15. The second-order valence-corrected chi connectivity index (χ2v) is 4.59. The molecule has 0 radical (unpaired) electrons. The molecule has 2 heterocycles. The predicted octanol–water partition coefficient (Wildman–Crippen LogP) is 2.57. The van der Waals surface area contributed by atoms with Crippen LogP contribution in [0.4, 0.5) is 4.39 Å². The van der Waals surface area contributed by atoms with E-state index in [0.29, 0.717) is 16.1 Å². The molecule has 0 bridgehead atoms. The first-order valence-corrected chi connectivity index (χ1v) is 6.02. The maximum absolute atomic E-state index is 13.9. The van der Waals surface area contributed by atoms with E-state index in [9.17, 15) is 4.39 Å². The van der Waals surface area contributed by atoms with Gasteiger partial charge in [0.15, 0.2) is 0 Å². The molecular weight excluding hydrogens is 267 g/mol. The number of hydrogen-bond acceptors (Lipinski definition) is 3. The van der Waals surface area contributed by atoms with Crippen LogP contribution in [0.15, 0.2) is 43.0 Å². The summed E-state index contributed by atoms with van der Waals surface area (Å²) < 4.78 is 15.5. The van der Waals surface area contributed by atoms with E-state index in [1.807, 2.05) is 0 Å². The van der Waals surface area contributed by atoms with Crippen LogP contribution in [0.2, 0.25) is 5.02 Å². The Hall–Kier alpha value is -1.98. The topological polar surface area (TPSA) is 56.2 Å². The van der Waals surface area contributed by atoms with Gasteiger partial charge in [0.2, 0.25) is 0 Å². The lowest BCUT2D eigenvalue weighted by Crippen LogP contribution is -2.13. The lowest BCUT2D eigenvalue weighted by Gasteiger charge is -2.12. The molecule has 1 unspecified atom stereocenters. The van der Waals surface area contributed by atoms with E-state index in [1.54, 1.807) is 41.4 Å². The van der Waals surface area contributed by atoms with Crippen LogP contribution in [0.25, 0.3) is 5.52 Å². The molecule has 0 fully saturated rings. The number of fused-ring (bicyclic) bond motifs is 1. The highest BCUT2D eigenvalue weighted by molar-refractivity contribution is 6.30. The minimum absolute atomic E-state index is 0.343. The molecule has 19 heavy (non-hydrogen) atoms. The molecule has 0 aliphatic rings. The van der Waals surface area contributed by atoms with Gasteiger partial charge in [-0.15, -0.1) is 0 Å². The lowest BCUT2D eigenvalue weighted by molar-refractivity contribution is 0.600. The van der Waals surface area contributed by atoms with E-state index in [2.05, 4.69) is 10.1 Å². The van der Waals surface area contributed by atoms with E-state index < -0.39 is 11.9 Å². The molecule has 0 amide bonds. The fraction of sp³-hybridized carbons (Fsp3) is 0.0769. The number of halogens is 2. The largest absolute Gasteiger partial charge is 0.320 e. The monoisotopic (exact) mass is 276 g/mol. The van der Waals surface area contributed by atoms with Crippen molar-refractivity contribution in [3.63, 3.8) is 0 Å². The molecule has 3 rings (SSSR count). The van der Waals surface area contributed by atoms with Gasteiger partial charge in [0.25, 0.3) is 0 Å². The van der Waals surface area contributed by atoms with E-state index >= 15 is 0 Å². The number of nitrogens with two attached hydrogens (primary N) is 1. The summed E-state index contributed by atoms with van der Waals surface area (Å²) in [5, 5.41) is 4.50. The molecule has 0 aliphatic heterocycles. The number of benzene rings is 1. The van der Waals surface area contributed by atoms with Gasteiger partial charge in [-0.25, -0.2) is 8.91 Å². The fourth-order valence-corrected chi connectivity index (χ4v) is 2.17. The summed E-state index contributed by atoms with van der Waals surface area (Å²) in [6, 6.07) is 3.84. The molecule has 96 valence electrons. The van der Waals surface area contributed by atoms with Crippen molar-refractivity contribution in [3.8, 4) is 0 Å². The quantitative estimate of drug-likeness (QED) is 0.783. The number of aromatic nitrogens is 3. The highest BCUT2D eigenvalue weighted by atomic mass is 35.5. The van der Waals surface area contributed by atoms with Gasteiger partial charge >= 0.3 is 0 Å². The lowest BCUT2D eigenvalue weighted by atomic mass is 10.0. The Kier molecular flexibility index (Phi) is 2.93. The Morgan fingerprint density at radius 1 is 1.26 bits per heavy atom. The van der Waals surface area contributed by atoms with Crippen molar-refractivity contribution in [2.75, 3.05) is 0 Å². The Balaban J connectivity index is 2.10. The van der Waals surface area contributed by atoms with Crippen molar-refractivity contribution in [2.45, 2.75) is 6.04 Å². The van der Waals surface area contributed by atoms with Crippen molar-refractivity contribution in [3.05, 3.63) is 65.0 Å². The number of nitrogens with zero attached hydrogens (tertiary/aromatic N) is 3. The second kappa shape index (κ2) is 4.60. The zero-order valence-electron chi connectivity index (χ0n) is 9.79. The van der Waals surface area contributed by atoms with Gasteiger partial charge in [-0.3, -0.25) is 4.98 Å². The molecule has 0 spiro atoms. The summed E-state index contributed by atoms with van der Waals surface area (Å²) in [5.41, 5.74) is 7.96. The van der Waals surface area contributed by atoms with Crippen LogP contribution in [-0.2, 0) is 0 Å². The first kappa shape index (κ1) is 12.1. The molecule has 0 saturated heterocycles. The van der Waals surface area contributed by atoms with Crippen LogP contribution in [0.1, 0.15) is 17.2 Å². The van der Waals surface area contributed by atoms with Gasteiger partial charge in [0.05, 0.1) is 24.0 Å². The van der Waals surface area contributed by atoms with Crippen LogP contribution in [0.3, 0.4) is 0 Å². The normalized spacial score (nSPS) is 12.8. The summed E-state index contributed by atoms with van der Waals surface area (Å²) in [7, 11) is 0. The molecule has 2 aromatic heterocycles. The molecule has 1 aromatic carbocycles. The Morgan fingerprint density at radius 3 is 2.89 bits per heavy atom. The summed E-state index contributed by atoms with van der Waals surface area (Å²) in [5.74, 6) is -0.428. The van der Waals surface area contributed by atoms with Crippen molar-refractivity contribution in [1.82, 2.24) is 14.6 Å². The fourth-order valence-electron chi connectivity index (χ4n) is 2.01. The maximum Gasteiger partial charge on any atom is 0.129 e. The molecule has 0 saturated carbocycles. The van der Waals surface area contributed by atoms with Gasteiger partial charge < -0.3 is 5.73 Å². The molecular formula is C13H10ClFN4. The molecule has 4 nitrogen and oxygen atoms in total. The van der Waals surface area contributed by atoms with Crippen molar-refractivity contribution < 1.29 is 4.39 Å². The smallest absolute Gasteiger partial charge is 0.129 e. The maximum atomic E-state index is 13.9. The minimum Gasteiger partial charge on any atom is -0.320 e. The van der Waals surface area contributed by atoms with Gasteiger partial charge in [0, 0.05) is 28.5 Å². The van der Waals surface area contributed by atoms with E-state index in [-0.39, 0.29) is 0 Å². The summed E-state index contributed by atoms with van der Waals surface area (Å²) in [4.78, 5) is 4.03. The third-order valence-electron chi connectivity index (χ3n) is 2.99. The third kappa shape index (κ3) is 2.07. The summed E-state index contributed by atoms with van der Waals surface area (Å²) in [6.45, 7) is 0. The average molecular weight is 277 g/mol. The van der Waals surface area contributed by atoms with E-state index in [1.165, 1.54) is 6.07 Å². The summed E-state index contributed by atoms with van der Waals surface area (Å²) in [6.07, 6.45) is 6.60. The molecule has 2 N–H and O–H groups in total. The standard InChI is InChI=1S/C13H10ClFN4/c14-8-1-2-9(11(15)5-8)13(16)10-6-18-19-4-3-17-7-12(10)19/h1-7,13H,16H2. The van der Waals surface area contributed by atoms with E-state index in [0.717, 1.165) is 5.52 Å². The third-order valence-corrected chi connectivity index (χ3v) is 3.22. The van der Waals surface area contributed by atoms with Crippen molar-refractivity contribution in [1.29, 1.82) is 0 Å². The number of hydrogen-bond donors (Lipinski definition) is 1. The van der Waals surface area contributed by atoms with Gasteiger partial charge in [-0.05, 0) is 12.1 Å². The van der Waals surface area contributed by atoms with Crippen molar-refractivity contribution in [2.24, 2.45) is 5.73 Å². The van der Waals surface area contributed by atoms with Crippen molar-refractivity contribution >= 4 is 17.1 Å². The van der Waals surface area contributed by atoms with Crippen LogP contribution in [-0.4, -0.2) is 14.6 Å². The Bertz CT molecular complexity index is 740. The molecule has 0 aliphatic carbocycles.